The number of carbonyl (C=O) groups is 2. The molecule has 0 N–H and O–H groups in total. The average molecular weight is 301 g/mol. The largest absolute Gasteiger partial charge is 0.327 e. The highest BCUT2D eigenvalue weighted by molar-refractivity contribution is 5.97. The molecule has 22 heavy (non-hydrogen) atoms. The number of aryl methyl sites for hydroxylation is 1. The van der Waals surface area contributed by atoms with E-state index in [0.29, 0.717) is 31.5 Å². The lowest BCUT2D eigenvalue weighted by atomic mass is 9.94. The molecule has 5 heteroatoms. The predicted octanol–water partition coefficient (Wildman–Crippen LogP) is 2.05. The van der Waals surface area contributed by atoms with Gasteiger partial charge in [-0.15, -0.1) is 0 Å². The van der Waals surface area contributed by atoms with Gasteiger partial charge in [0.2, 0.25) is 0 Å². The van der Waals surface area contributed by atoms with Crippen LogP contribution in [-0.4, -0.2) is 39.0 Å². The normalized spacial score (nSPS) is 20.5. The Kier molecular flexibility index (Phi) is 4.14. The molecule has 1 aliphatic carbocycles. The van der Waals surface area contributed by atoms with Crippen LogP contribution < -0.4 is 0 Å². The van der Waals surface area contributed by atoms with Gasteiger partial charge in [-0.25, -0.2) is 0 Å². The zero-order chi connectivity index (χ0) is 15.7. The van der Waals surface area contributed by atoms with Gasteiger partial charge in [0.25, 0.3) is 5.91 Å². The number of ketones is 1. The summed E-state index contributed by atoms with van der Waals surface area (Å²) in [6, 6.07) is 0.171. The zero-order valence-electron chi connectivity index (χ0n) is 13.3. The van der Waals surface area contributed by atoms with Crippen LogP contribution in [0.4, 0.5) is 0 Å². The lowest BCUT2D eigenvalue weighted by Crippen LogP contribution is -2.37. The molecule has 1 atom stereocenters. The van der Waals surface area contributed by atoms with Crippen molar-refractivity contribution in [2.75, 3.05) is 6.54 Å². The van der Waals surface area contributed by atoms with Crippen molar-refractivity contribution in [3.8, 4) is 0 Å². The zero-order valence-corrected chi connectivity index (χ0v) is 13.3. The third kappa shape index (κ3) is 2.60. The van der Waals surface area contributed by atoms with E-state index in [1.54, 1.807) is 4.68 Å². The molecule has 0 fully saturated rings. The third-order valence-electron chi connectivity index (χ3n) is 4.67. The van der Waals surface area contributed by atoms with Crippen molar-refractivity contribution in [1.29, 1.82) is 0 Å². The van der Waals surface area contributed by atoms with Crippen LogP contribution in [0.5, 0.6) is 0 Å². The number of unbranched alkanes of at least 4 members (excludes halogenated alkanes) is 1. The van der Waals surface area contributed by atoms with Gasteiger partial charge in [-0.05, 0) is 12.8 Å². The molecule has 5 nitrogen and oxygen atoms in total. The fraction of sp³-hybridized carbons (Fsp3) is 0.588. The molecule has 0 aromatic carbocycles. The summed E-state index contributed by atoms with van der Waals surface area (Å²) in [5.74, 6) is 0.175. The van der Waals surface area contributed by atoms with Crippen molar-refractivity contribution in [2.24, 2.45) is 7.05 Å². The molecule has 0 radical (unpaired) electrons. The van der Waals surface area contributed by atoms with Crippen LogP contribution in [0.25, 0.3) is 0 Å². The first-order valence-electron chi connectivity index (χ1n) is 8.16. The summed E-state index contributed by atoms with van der Waals surface area (Å²) in [6.07, 6.45) is 9.01. The fourth-order valence-corrected chi connectivity index (χ4v) is 3.42. The highest BCUT2D eigenvalue weighted by atomic mass is 16.2. The van der Waals surface area contributed by atoms with E-state index in [9.17, 15) is 9.59 Å². The number of carbonyl (C=O) groups excluding carboxylic acids is 2. The Morgan fingerprint density at radius 3 is 3.00 bits per heavy atom. The van der Waals surface area contributed by atoms with Crippen LogP contribution in [-0.2, 0) is 24.7 Å². The van der Waals surface area contributed by atoms with Crippen LogP contribution in [0.1, 0.15) is 54.4 Å². The molecular weight excluding hydrogens is 278 g/mol. The molecule has 0 spiro atoms. The van der Waals surface area contributed by atoms with E-state index in [-0.39, 0.29) is 17.7 Å². The number of aromatic nitrogens is 2. The number of amides is 1. The van der Waals surface area contributed by atoms with Gasteiger partial charge < -0.3 is 4.90 Å². The van der Waals surface area contributed by atoms with Gasteiger partial charge in [0, 0.05) is 37.7 Å². The number of hydrogen-bond donors (Lipinski definition) is 0. The van der Waals surface area contributed by atoms with E-state index in [4.69, 9.17) is 0 Å². The maximum atomic E-state index is 12.9. The highest BCUT2D eigenvalue weighted by Crippen LogP contribution is 2.25. The minimum absolute atomic E-state index is 0.0300. The molecule has 0 bridgehead atoms. The standard InChI is InChI=1S/C17H23N3O2/c1-3-4-6-12-7-5-10-20(12)17(22)16-14-11-13(21)8-9-15(14)19(2)18-16/h5,7,12H,3-4,6,8-11H2,1-2H3. The van der Waals surface area contributed by atoms with E-state index in [0.717, 1.165) is 30.5 Å². The monoisotopic (exact) mass is 301 g/mol. The first-order chi connectivity index (χ1) is 10.6. The quantitative estimate of drug-likeness (QED) is 0.800. The predicted molar refractivity (Wildman–Crippen MR) is 83.7 cm³/mol. The van der Waals surface area contributed by atoms with Crippen LogP contribution in [0.3, 0.4) is 0 Å². The number of Topliss-reactive ketones (excluding diaryl/α,β-unsaturated/α-hetero) is 1. The van der Waals surface area contributed by atoms with Crippen molar-refractivity contribution in [3.63, 3.8) is 0 Å². The molecule has 2 aliphatic rings. The Morgan fingerprint density at radius 1 is 1.41 bits per heavy atom. The molecule has 1 aromatic rings. The molecule has 2 heterocycles. The summed E-state index contributed by atoms with van der Waals surface area (Å²) in [5, 5.41) is 4.43. The second kappa shape index (κ2) is 6.07. The van der Waals surface area contributed by atoms with E-state index < -0.39 is 0 Å². The molecule has 1 amide bonds. The summed E-state index contributed by atoms with van der Waals surface area (Å²) < 4.78 is 1.78. The molecule has 1 aliphatic heterocycles. The molecule has 0 saturated heterocycles. The van der Waals surface area contributed by atoms with Crippen LogP contribution in [0.15, 0.2) is 12.2 Å². The Balaban J connectivity index is 1.85. The molecule has 3 rings (SSSR count). The van der Waals surface area contributed by atoms with Gasteiger partial charge in [0.1, 0.15) is 5.78 Å². The number of fused-ring (bicyclic) bond motifs is 1. The van der Waals surface area contributed by atoms with Crippen molar-refractivity contribution < 1.29 is 9.59 Å². The third-order valence-corrected chi connectivity index (χ3v) is 4.67. The Morgan fingerprint density at radius 2 is 2.23 bits per heavy atom. The van der Waals surface area contributed by atoms with Gasteiger partial charge in [-0.3, -0.25) is 14.3 Å². The number of rotatable bonds is 4. The summed E-state index contributed by atoms with van der Waals surface area (Å²) in [5.41, 5.74) is 2.38. The first kappa shape index (κ1) is 15.0. The minimum Gasteiger partial charge on any atom is -0.327 e. The van der Waals surface area contributed by atoms with E-state index in [1.807, 2.05) is 11.9 Å². The SMILES string of the molecule is CCCCC1C=CCN1C(=O)c1nn(C)c2c1CC(=O)CC2. The maximum Gasteiger partial charge on any atom is 0.275 e. The number of nitrogens with zero attached hydrogens (tertiary/aromatic N) is 3. The topological polar surface area (TPSA) is 55.2 Å². The maximum absolute atomic E-state index is 12.9. The van der Waals surface area contributed by atoms with Gasteiger partial charge in [-0.1, -0.05) is 31.9 Å². The minimum atomic E-state index is -0.0300. The lowest BCUT2D eigenvalue weighted by molar-refractivity contribution is -0.118. The molecule has 118 valence electrons. The molecular formula is C17H23N3O2. The summed E-state index contributed by atoms with van der Waals surface area (Å²) in [4.78, 5) is 26.6. The van der Waals surface area contributed by atoms with Crippen molar-refractivity contribution in [2.45, 2.75) is 51.5 Å². The van der Waals surface area contributed by atoms with E-state index >= 15 is 0 Å². The van der Waals surface area contributed by atoms with Gasteiger partial charge >= 0.3 is 0 Å². The summed E-state index contributed by atoms with van der Waals surface area (Å²) in [7, 11) is 1.86. The summed E-state index contributed by atoms with van der Waals surface area (Å²) >= 11 is 0. The van der Waals surface area contributed by atoms with Gasteiger partial charge in [0.15, 0.2) is 5.69 Å². The van der Waals surface area contributed by atoms with Crippen molar-refractivity contribution >= 4 is 11.7 Å². The Hall–Kier alpha value is -1.91. The molecule has 0 saturated carbocycles. The van der Waals surface area contributed by atoms with Crippen molar-refractivity contribution in [1.82, 2.24) is 14.7 Å². The fourth-order valence-electron chi connectivity index (χ4n) is 3.42. The first-order valence-corrected chi connectivity index (χ1v) is 8.16. The van der Waals surface area contributed by atoms with Crippen molar-refractivity contribution in [3.05, 3.63) is 29.1 Å². The Bertz CT molecular complexity index is 630. The Labute approximate surface area is 131 Å². The summed E-state index contributed by atoms with van der Waals surface area (Å²) in [6.45, 7) is 2.80. The molecule has 1 aromatic heterocycles. The van der Waals surface area contributed by atoms with Crippen LogP contribution in [0, 0.1) is 0 Å². The lowest BCUT2D eigenvalue weighted by Gasteiger charge is -2.24. The van der Waals surface area contributed by atoms with Crippen LogP contribution in [0.2, 0.25) is 0 Å². The van der Waals surface area contributed by atoms with Gasteiger partial charge in [-0.2, -0.15) is 5.10 Å². The molecule has 1 unspecified atom stereocenters. The van der Waals surface area contributed by atoms with Crippen LogP contribution >= 0.6 is 0 Å². The second-order valence-corrected chi connectivity index (χ2v) is 6.21. The highest BCUT2D eigenvalue weighted by Gasteiger charge is 2.32. The van der Waals surface area contributed by atoms with E-state index in [1.165, 1.54) is 0 Å². The average Bonchev–Trinajstić information content (AvgIpc) is 3.09. The second-order valence-electron chi connectivity index (χ2n) is 6.21. The van der Waals surface area contributed by atoms with E-state index in [2.05, 4.69) is 24.2 Å². The number of hydrogen-bond acceptors (Lipinski definition) is 3. The smallest absolute Gasteiger partial charge is 0.275 e. The van der Waals surface area contributed by atoms with Gasteiger partial charge in [0.05, 0.1) is 6.04 Å².